The van der Waals surface area contributed by atoms with Crippen LogP contribution in [-0.4, -0.2) is 41.2 Å². The zero-order valence-corrected chi connectivity index (χ0v) is 12.4. The lowest BCUT2D eigenvalue weighted by Crippen LogP contribution is -2.33. The van der Waals surface area contributed by atoms with Crippen molar-refractivity contribution in [2.45, 2.75) is 24.5 Å². The van der Waals surface area contributed by atoms with Crippen molar-refractivity contribution in [3.8, 4) is 0 Å². The minimum atomic E-state index is -0.816. The summed E-state index contributed by atoms with van der Waals surface area (Å²) in [7, 11) is 1.75. The Morgan fingerprint density at radius 1 is 1.40 bits per heavy atom. The van der Waals surface area contributed by atoms with Crippen molar-refractivity contribution in [3.63, 3.8) is 0 Å². The maximum Gasteiger partial charge on any atom is 0.303 e. The number of aliphatic carboxylic acids is 1. The number of nitrogens with zero attached hydrogens (tertiary/aromatic N) is 1. The van der Waals surface area contributed by atoms with E-state index in [4.69, 9.17) is 5.11 Å². The van der Waals surface area contributed by atoms with Gasteiger partial charge in [0.15, 0.2) is 0 Å². The number of carbonyl (C=O) groups is 2. The molecule has 0 bridgehead atoms. The lowest BCUT2D eigenvalue weighted by atomic mass is 10.0. The Hall–Kier alpha value is -1.49. The fraction of sp³-hybridized carbons (Fsp3) is 0.467. The minimum absolute atomic E-state index is 0.0764. The molecular formula is C15H19NO3S. The van der Waals surface area contributed by atoms with Crippen molar-refractivity contribution in [1.82, 2.24) is 4.90 Å². The monoisotopic (exact) mass is 293 g/mol. The van der Waals surface area contributed by atoms with Gasteiger partial charge in [-0.25, -0.2) is 0 Å². The molecule has 0 saturated heterocycles. The average molecular weight is 293 g/mol. The van der Waals surface area contributed by atoms with E-state index in [-0.39, 0.29) is 17.6 Å². The van der Waals surface area contributed by atoms with Crippen LogP contribution in [0.5, 0.6) is 0 Å². The summed E-state index contributed by atoms with van der Waals surface area (Å²) in [5.41, 5.74) is 2.36. The summed E-state index contributed by atoms with van der Waals surface area (Å²) < 4.78 is 0. The summed E-state index contributed by atoms with van der Waals surface area (Å²) in [6.07, 6.45) is 1.61. The summed E-state index contributed by atoms with van der Waals surface area (Å²) in [5, 5.41) is 8.49. The van der Waals surface area contributed by atoms with E-state index in [1.165, 1.54) is 5.56 Å². The van der Waals surface area contributed by atoms with Gasteiger partial charge in [-0.15, -0.1) is 11.8 Å². The second kappa shape index (κ2) is 6.79. The normalized spacial score (nSPS) is 17.4. The molecule has 5 heteroatoms. The van der Waals surface area contributed by atoms with Gasteiger partial charge < -0.3 is 10.0 Å². The maximum atomic E-state index is 12.5. The number of carbonyl (C=O) groups excluding carboxylic acids is 1. The second-order valence-electron chi connectivity index (χ2n) is 4.96. The topological polar surface area (TPSA) is 57.6 Å². The smallest absolute Gasteiger partial charge is 0.303 e. The van der Waals surface area contributed by atoms with Crippen LogP contribution in [0.4, 0.5) is 0 Å². The molecular weight excluding hydrogens is 274 g/mol. The first-order valence-corrected chi connectivity index (χ1v) is 7.80. The molecule has 0 unspecified atom stereocenters. The minimum Gasteiger partial charge on any atom is -0.481 e. The van der Waals surface area contributed by atoms with Gasteiger partial charge in [0.05, 0.1) is 0 Å². The second-order valence-corrected chi connectivity index (χ2v) is 6.17. The van der Waals surface area contributed by atoms with Gasteiger partial charge in [0.2, 0.25) is 5.91 Å². The van der Waals surface area contributed by atoms with Crippen molar-refractivity contribution in [2.75, 3.05) is 19.3 Å². The first-order chi connectivity index (χ1) is 9.59. The average Bonchev–Trinajstić information content (AvgIpc) is 2.45. The number of fused-ring (bicyclic) bond motifs is 1. The van der Waals surface area contributed by atoms with Crippen molar-refractivity contribution >= 4 is 23.6 Å². The molecule has 1 aromatic rings. The number of hydrogen-bond donors (Lipinski definition) is 1. The number of hydrogen-bond acceptors (Lipinski definition) is 3. The number of aryl methyl sites for hydroxylation is 1. The molecule has 1 atom stereocenters. The van der Waals surface area contributed by atoms with Gasteiger partial charge in [0.1, 0.15) is 5.25 Å². The molecule has 0 aromatic heterocycles. The number of thioether (sulfide) groups is 1. The Kier molecular flexibility index (Phi) is 5.06. The van der Waals surface area contributed by atoms with Gasteiger partial charge in [-0.2, -0.15) is 0 Å². The van der Waals surface area contributed by atoms with Gasteiger partial charge >= 0.3 is 5.97 Å². The highest BCUT2D eigenvalue weighted by Gasteiger charge is 2.28. The lowest BCUT2D eigenvalue weighted by molar-refractivity contribution is -0.138. The number of benzene rings is 1. The van der Waals surface area contributed by atoms with Crippen LogP contribution in [0.2, 0.25) is 0 Å². The molecule has 108 valence electrons. The number of carboxylic acids is 1. The predicted octanol–water partition coefficient (Wildman–Crippen LogP) is 2.34. The molecule has 20 heavy (non-hydrogen) atoms. The third kappa shape index (κ3) is 3.54. The number of likely N-dealkylation sites (N-methyl/N-ethyl adjacent to an activating group) is 1. The molecule has 4 nitrogen and oxygen atoms in total. The van der Waals surface area contributed by atoms with Gasteiger partial charge in [-0.3, -0.25) is 9.59 Å². The Bertz CT molecular complexity index is 504. The first kappa shape index (κ1) is 14.9. The van der Waals surface area contributed by atoms with Crippen LogP contribution in [0.3, 0.4) is 0 Å². The third-order valence-corrected chi connectivity index (χ3v) is 4.71. The Morgan fingerprint density at radius 2 is 2.15 bits per heavy atom. The van der Waals surface area contributed by atoms with Crippen LogP contribution in [-0.2, 0) is 16.0 Å². The lowest BCUT2D eigenvalue weighted by Gasteiger charge is -2.28. The van der Waals surface area contributed by atoms with Crippen LogP contribution < -0.4 is 0 Å². The van der Waals surface area contributed by atoms with E-state index < -0.39 is 5.97 Å². The zero-order valence-electron chi connectivity index (χ0n) is 11.5. The van der Waals surface area contributed by atoms with E-state index in [9.17, 15) is 9.59 Å². The molecule has 0 fully saturated rings. The molecule has 0 saturated carbocycles. The molecule has 1 aromatic carbocycles. The van der Waals surface area contributed by atoms with Crippen molar-refractivity contribution in [1.29, 1.82) is 0 Å². The fourth-order valence-electron chi connectivity index (χ4n) is 2.38. The SMILES string of the molecule is CN(CCCC(=O)O)C(=O)[C@H]1SCCc2ccccc21. The van der Waals surface area contributed by atoms with Crippen molar-refractivity contribution < 1.29 is 14.7 Å². The van der Waals surface area contributed by atoms with Crippen LogP contribution in [0.1, 0.15) is 29.2 Å². The molecule has 1 heterocycles. The van der Waals surface area contributed by atoms with Crippen LogP contribution >= 0.6 is 11.8 Å². The number of carboxylic acid groups (broad SMARTS) is 1. The van der Waals surface area contributed by atoms with Crippen molar-refractivity contribution in [2.24, 2.45) is 0 Å². The highest BCUT2D eigenvalue weighted by Crippen LogP contribution is 2.37. The highest BCUT2D eigenvalue weighted by molar-refractivity contribution is 8.00. The molecule has 2 rings (SSSR count). The molecule has 1 amide bonds. The van der Waals surface area contributed by atoms with E-state index in [1.54, 1.807) is 23.7 Å². The van der Waals surface area contributed by atoms with Gasteiger partial charge in [0.25, 0.3) is 0 Å². The molecule has 1 aliphatic rings. The maximum absolute atomic E-state index is 12.5. The molecule has 0 radical (unpaired) electrons. The van der Waals surface area contributed by atoms with Crippen molar-refractivity contribution in [3.05, 3.63) is 35.4 Å². The molecule has 0 aliphatic carbocycles. The van der Waals surface area contributed by atoms with Crippen LogP contribution in [0, 0.1) is 0 Å². The van der Waals surface area contributed by atoms with E-state index in [0.717, 1.165) is 17.7 Å². The summed E-state index contributed by atoms with van der Waals surface area (Å²) in [6.45, 7) is 0.490. The van der Waals surface area contributed by atoms with Gasteiger partial charge in [-0.05, 0) is 29.7 Å². The Labute approximate surface area is 123 Å². The zero-order chi connectivity index (χ0) is 14.5. The standard InChI is InChI=1S/C15H19NO3S/c1-16(9-4-7-13(17)18)15(19)14-12-6-3-2-5-11(12)8-10-20-14/h2-3,5-6,14H,4,7-10H2,1H3,(H,17,18)/t14-/m0/s1. The molecule has 0 spiro atoms. The predicted molar refractivity (Wildman–Crippen MR) is 79.9 cm³/mol. The summed E-state index contributed by atoms with van der Waals surface area (Å²) in [6, 6.07) is 8.08. The molecule has 1 N–H and O–H groups in total. The first-order valence-electron chi connectivity index (χ1n) is 6.76. The van der Waals surface area contributed by atoms with Gasteiger partial charge in [-0.1, -0.05) is 24.3 Å². The Morgan fingerprint density at radius 3 is 2.90 bits per heavy atom. The number of rotatable bonds is 5. The van der Waals surface area contributed by atoms with E-state index in [2.05, 4.69) is 6.07 Å². The quantitative estimate of drug-likeness (QED) is 0.905. The summed E-state index contributed by atoms with van der Waals surface area (Å²) >= 11 is 1.67. The van der Waals surface area contributed by atoms with Crippen LogP contribution in [0.15, 0.2) is 24.3 Å². The summed E-state index contributed by atoms with van der Waals surface area (Å²) in [4.78, 5) is 24.7. The molecule has 1 aliphatic heterocycles. The van der Waals surface area contributed by atoms with Gasteiger partial charge in [0, 0.05) is 20.0 Å². The third-order valence-electron chi connectivity index (χ3n) is 3.48. The van der Waals surface area contributed by atoms with E-state index >= 15 is 0 Å². The highest BCUT2D eigenvalue weighted by atomic mass is 32.2. The Balaban J connectivity index is 2.01. The summed E-state index contributed by atoms with van der Waals surface area (Å²) in [5.74, 6) is 0.215. The van der Waals surface area contributed by atoms with E-state index in [1.807, 2.05) is 18.2 Å². The fourth-order valence-corrected chi connectivity index (χ4v) is 3.68. The largest absolute Gasteiger partial charge is 0.481 e. The van der Waals surface area contributed by atoms with E-state index in [0.29, 0.717) is 13.0 Å². The number of amides is 1. The van der Waals surface area contributed by atoms with Crippen LogP contribution in [0.25, 0.3) is 0 Å².